The van der Waals surface area contributed by atoms with Crippen molar-refractivity contribution in [2.45, 2.75) is 36.9 Å². The van der Waals surface area contributed by atoms with Crippen molar-refractivity contribution in [2.24, 2.45) is 5.41 Å². The van der Waals surface area contributed by atoms with E-state index < -0.39 is 0 Å². The van der Waals surface area contributed by atoms with E-state index in [2.05, 4.69) is 29.1 Å². The molecule has 1 unspecified atom stereocenters. The van der Waals surface area contributed by atoms with Crippen LogP contribution in [0.25, 0.3) is 0 Å². The van der Waals surface area contributed by atoms with Crippen LogP contribution >= 0.6 is 15.9 Å². The fourth-order valence-corrected chi connectivity index (χ4v) is 4.30. The van der Waals surface area contributed by atoms with Gasteiger partial charge in [-0.1, -0.05) is 22.0 Å². The van der Waals surface area contributed by atoms with Crippen LogP contribution < -0.4 is 0 Å². The normalized spacial score (nSPS) is 23.7. The number of halogens is 2. The van der Waals surface area contributed by atoms with Crippen LogP contribution in [0.4, 0.5) is 4.39 Å². The molecule has 1 saturated carbocycles. The van der Waals surface area contributed by atoms with E-state index in [-0.39, 0.29) is 16.1 Å². The minimum absolute atomic E-state index is 0.143. The fraction of sp³-hybridized carbons (Fsp3) is 0.438. The highest BCUT2D eigenvalue weighted by molar-refractivity contribution is 9.09. The van der Waals surface area contributed by atoms with Crippen molar-refractivity contribution in [3.63, 3.8) is 0 Å². The van der Waals surface area contributed by atoms with Crippen molar-refractivity contribution in [1.82, 2.24) is 0 Å². The van der Waals surface area contributed by atoms with Crippen LogP contribution in [0, 0.1) is 11.2 Å². The molecule has 0 radical (unpaired) electrons. The lowest BCUT2D eigenvalue weighted by molar-refractivity contribution is -0.122. The van der Waals surface area contributed by atoms with Gasteiger partial charge < -0.3 is 0 Å². The average molecular weight is 325 g/mol. The summed E-state index contributed by atoms with van der Waals surface area (Å²) in [4.78, 5) is 11.6. The Morgan fingerprint density at radius 3 is 2.53 bits per heavy atom. The number of carbonyl (C=O) groups is 1. The Labute approximate surface area is 122 Å². The van der Waals surface area contributed by atoms with Crippen LogP contribution in [0.3, 0.4) is 0 Å². The number of benzene rings is 1. The molecule has 0 saturated heterocycles. The van der Waals surface area contributed by atoms with Crippen molar-refractivity contribution < 1.29 is 9.18 Å². The smallest absolute Gasteiger partial charge is 0.132 e. The molecule has 2 aliphatic carbocycles. The molecular formula is C16H18BrFO. The van der Waals surface area contributed by atoms with Gasteiger partial charge in [-0.15, -0.1) is 13.2 Å². The van der Waals surface area contributed by atoms with Gasteiger partial charge in [0.1, 0.15) is 11.6 Å². The molecule has 1 fully saturated rings. The lowest BCUT2D eigenvalue weighted by atomic mass is 9.71. The van der Waals surface area contributed by atoms with Crippen molar-refractivity contribution in [1.29, 1.82) is 0 Å². The largest absolute Gasteiger partial charge is 0.300 e. The molecule has 0 bridgehead atoms. The monoisotopic (exact) mass is 324 g/mol. The summed E-state index contributed by atoms with van der Waals surface area (Å²) in [7, 11) is 0. The number of ketones is 1. The zero-order chi connectivity index (χ0) is 14.0. The molecule has 3 rings (SSSR count). The molecule has 1 spiro atoms. The number of carbonyl (C=O) groups excluding carboxylic acids is 1. The lowest BCUT2D eigenvalue weighted by Crippen LogP contribution is -2.29. The summed E-state index contributed by atoms with van der Waals surface area (Å²) in [6, 6.07) is 5.06. The Balaban J connectivity index is 0.000000637. The Hall–Kier alpha value is -0.960. The summed E-state index contributed by atoms with van der Waals surface area (Å²) in [6.07, 6.45) is 4.12. The third kappa shape index (κ3) is 2.53. The molecule has 1 atom stereocenters. The molecule has 0 heterocycles. The first-order chi connectivity index (χ1) is 9.11. The number of Topliss-reactive ketones (excluding diaryl/α,β-unsaturated/α-hetero) is 1. The van der Waals surface area contributed by atoms with Crippen molar-refractivity contribution in [3.8, 4) is 0 Å². The Bertz CT molecular complexity index is 488. The second-order valence-electron chi connectivity index (χ2n) is 5.28. The number of alkyl halides is 1. The first-order valence-electron chi connectivity index (χ1n) is 6.55. The van der Waals surface area contributed by atoms with Crippen LogP contribution in [0.1, 0.15) is 41.6 Å². The highest BCUT2D eigenvalue weighted by Crippen LogP contribution is 2.57. The number of rotatable bonds is 0. The molecule has 102 valence electrons. The van der Waals surface area contributed by atoms with Gasteiger partial charge in [0.2, 0.25) is 0 Å². The second kappa shape index (κ2) is 5.58. The van der Waals surface area contributed by atoms with Gasteiger partial charge in [0.25, 0.3) is 0 Å². The molecule has 19 heavy (non-hydrogen) atoms. The van der Waals surface area contributed by atoms with Crippen molar-refractivity contribution in [3.05, 3.63) is 48.3 Å². The van der Waals surface area contributed by atoms with E-state index in [0.29, 0.717) is 18.6 Å². The highest BCUT2D eigenvalue weighted by Gasteiger charge is 2.46. The lowest BCUT2D eigenvalue weighted by Gasteiger charge is -2.36. The third-order valence-electron chi connectivity index (χ3n) is 4.26. The molecule has 0 aliphatic heterocycles. The summed E-state index contributed by atoms with van der Waals surface area (Å²) in [5.74, 6) is 0.213. The maximum atomic E-state index is 13.2. The van der Waals surface area contributed by atoms with Gasteiger partial charge in [0, 0.05) is 17.7 Å². The average Bonchev–Trinajstić information content (AvgIpc) is 2.68. The number of fused-ring (bicyclic) bond motifs is 1. The maximum absolute atomic E-state index is 13.2. The highest BCUT2D eigenvalue weighted by atomic mass is 79.9. The molecule has 0 aromatic heterocycles. The first-order valence-corrected chi connectivity index (χ1v) is 7.46. The van der Waals surface area contributed by atoms with Gasteiger partial charge in [0.05, 0.1) is 0 Å². The Morgan fingerprint density at radius 1 is 1.26 bits per heavy atom. The van der Waals surface area contributed by atoms with E-state index in [1.807, 2.05) is 6.07 Å². The molecule has 2 aliphatic rings. The standard InChI is InChI=1S/C14H14BrFO.C2H4/c15-13-12-2-1-10(16)7-9(12)8-14(13)5-3-11(17)4-6-14;1-2/h1-2,7,13H,3-6,8H2;1-2H2. The van der Waals surface area contributed by atoms with Crippen LogP contribution in [0.5, 0.6) is 0 Å². The van der Waals surface area contributed by atoms with Crippen LogP contribution in [-0.2, 0) is 11.2 Å². The molecule has 1 nitrogen and oxygen atoms in total. The van der Waals surface area contributed by atoms with Gasteiger partial charge in [0.15, 0.2) is 0 Å². The summed E-state index contributed by atoms with van der Waals surface area (Å²) in [5, 5.41) is 0. The molecule has 0 N–H and O–H groups in total. The molecule has 1 aromatic rings. The van der Waals surface area contributed by atoms with Crippen molar-refractivity contribution >= 4 is 21.7 Å². The van der Waals surface area contributed by atoms with Crippen LogP contribution in [0.2, 0.25) is 0 Å². The maximum Gasteiger partial charge on any atom is 0.132 e. The topological polar surface area (TPSA) is 17.1 Å². The predicted molar refractivity (Wildman–Crippen MR) is 78.9 cm³/mol. The van der Waals surface area contributed by atoms with E-state index >= 15 is 0 Å². The van der Waals surface area contributed by atoms with E-state index in [0.717, 1.165) is 24.8 Å². The second-order valence-corrected chi connectivity index (χ2v) is 6.20. The van der Waals surface area contributed by atoms with Crippen LogP contribution in [-0.4, -0.2) is 5.78 Å². The molecular weight excluding hydrogens is 307 g/mol. The zero-order valence-electron chi connectivity index (χ0n) is 10.9. The van der Waals surface area contributed by atoms with Gasteiger partial charge in [-0.2, -0.15) is 0 Å². The summed E-state index contributed by atoms with van der Waals surface area (Å²) in [6.45, 7) is 6.00. The minimum atomic E-state index is -0.160. The quantitative estimate of drug-likeness (QED) is 0.497. The first kappa shape index (κ1) is 14.4. The Morgan fingerprint density at radius 2 is 1.89 bits per heavy atom. The van der Waals surface area contributed by atoms with E-state index in [9.17, 15) is 9.18 Å². The summed E-state index contributed by atoms with van der Waals surface area (Å²) >= 11 is 3.77. The SMILES string of the molecule is C=C.O=C1CCC2(CC1)Cc1cc(F)ccc1C2Br. The van der Waals surface area contributed by atoms with Gasteiger partial charge >= 0.3 is 0 Å². The van der Waals surface area contributed by atoms with Crippen LogP contribution in [0.15, 0.2) is 31.4 Å². The predicted octanol–water partition coefficient (Wildman–Crippen LogP) is 4.75. The van der Waals surface area contributed by atoms with E-state index in [1.165, 1.54) is 11.6 Å². The minimum Gasteiger partial charge on any atom is -0.300 e. The van der Waals surface area contributed by atoms with Gasteiger partial charge in [-0.25, -0.2) is 4.39 Å². The summed E-state index contributed by atoms with van der Waals surface area (Å²) in [5.41, 5.74) is 2.46. The number of hydrogen-bond donors (Lipinski definition) is 0. The fourth-order valence-electron chi connectivity index (χ4n) is 3.23. The van der Waals surface area contributed by atoms with Crippen molar-refractivity contribution in [2.75, 3.05) is 0 Å². The van der Waals surface area contributed by atoms with E-state index in [1.54, 1.807) is 6.07 Å². The molecule has 0 amide bonds. The number of hydrogen-bond acceptors (Lipinski definition) is 1. The molecule has 3 heteroatoms. The molecule has 1 aromatic carbocycles. The van der Waals surface area contributed by atoms with Gasteiger partial charge in [-0.05, 0) is 47.9 Å². The Kier molecular flexibility index (Phi) is 4.24. The van der Waals surface area contributed by atoms with Gasteiger partial charge in [-0.3, -0.25) is 4.79 Å². The zero-order valence-corrected chi connectivity index (χ0v) is 12.5. The van der Waals surface area contributed by atoms with E-state index in [4.69, 9.17) is 0 Å². The third-order valence-corrected chi connectivity index (χ3v) is 5.73. The summed E-state index contributed by atoms with van der Waals surface area (Å²) < 4.78 is 13.2.